The quantitative estimate of drug-likeness (QED) is 0.0793. The number of benzene rings is 3. The molecule has 76 heavy (non-hydrogen) atoms. The van der Waals surface area contributed by atoms with Crippen LogP contribution in [0.15, 0.2) is 79.0 Å². The molecule has 5 amide bonds. The lowest BCUT2D eigenvalue weighted by Gasteiger charge is -2.39. The number of ether oxygens (including phenoxy) is 2. The molecule has 0 radical (unpaired) electrons. The van der Waals surface area contributed by atoms with Crippen molar-refractivity contribution in [2.24, 2.45) is 5.92 Å². The Bertz CT molecular complexity index is 3080. The molecule has 0 saturated carbocycles. The van der Waals surface area contributed by atoms with Gasteiger partial charge in [0.1, 0.15) is 11.9 Å². The summed E-state index contributed by atoms with van der Waals surface area (Å²) in [6, 6.07) is 20.6. The van der Waals surface area contributed by atoms with Crippen LogP contribution in [0.3, 0.4) is 0 Å². The summed E-state index contributed by atoms with van der Waals surface area (Å²) in [7, 11) is -3.41. The molecule has 4 fully saturated rings. The lowest BCUT2D eigenvalue weighted by atomic mass is 9.95. The fourth-order valence-corrected chi connectivity index (χ4v) is 11.3. The van der Waals surface area contributed by atoms with Crippen LogP contribution in [0.25, 0.3) is 16.8 Å². The maximum Gasteiger partial charge on any atom is 0.262 e. The molecule has 2 aromatic heterocycles. The van der Waals surface area contributed by atoms with Crippen LogP contribution in [0.1, 0.15) is 52.8 Å². The summed E-state index contributed by atoms with van der Waals surface area (Å²) in [6.07, 6.45) is 5.05. The number of nitrogens with zero attached hydrogens (tertiary/aromatic N) is 9. The molecule has 7 heterocycles. The number of hydrogen-bond donors (Lipinski definition) is 3. The molecule has 0 spiro atoms. The monoisotopic (exact) mass is 1060 g/mol. The smallest absolute Gasteiger partial charge is 0.262 e. The molecular weight excluding hydrogens is 1000 g/mol. The van der Waals surface area contributed by atoms with Crippen molar-refractivity contribution in [3.8, 4) is 11.3 Å². The number of sulfonamides is 1. The van der Waals surface area contributed by atoms with Gasteiger partial charge in [-0.05, 0) is 85.8 Å². The number of rotatable bonds is 19. The average molecular weight is 1060 g/mol. The number of halogens is 1. The van der Waals surface area contributed by atoms with Gasteiger partial charge >= 0.3 is 0 Å². The minimum atomic E-state index is -3.41. The fourth-order valence-electron chi connectivity index (χ4n) is 10.7. The first-order chi connectivity index (χ1) is 36.7. The van der Waals surface area contributed by atoms with E-state index in [1.54, 1.807) is 28.9 Å². The molecule has 23 heteroatoms. The van der Waals surface area contributed by atoms with E-state index in [0.29, 0.717) is 89.7 Å². The summed E-state index contributed by atoms with van der Waals surface area (Å²) in [5.74, 6) is -2.19. The van der Waals surface area contributed by atoms with E-state index in [9.17, 15) is 32.4 Å². The largest absolute Gasteiger partial charge is 0.379 e. The predicted molar refractivity (Wildman–Crippen MR) is 283 cm³/mol. The van der Waals surface area contributed by atoms with Gasteiger partial charge in [0.05, 0.1) is 73.3 Å². The molecule has 1 atom stereocenters. The van der Waals surface area contributed by atoms with Crippen LogP contribution in [-0.2, 0) is 33.9 Å². The van der Waals surface area contributed by atoms with E-state index in [1.165, 1.54) is 6.07 Å². The molecular formula is C53H63FN12O9S. The number of imide groups is 2. The van der Waals surface area contributed by atoms with Crippen molar-refractivity contribution in [2.75, 3.05) is 131 Å². The molecule has 5 aliphatic heterocycles. The molecule has 5 aromatic rings. The van der Waals surface area contributed by atoms with Gasteiger partial charge in [-0.25, -0.2) is 22.3 Å². The standard InChI is InChI=1S/C53H63FN12O9S/c1-76(72,73)59-39-4-2-3-37(31-39)45-10-9-41-34-55-53(58-66(41)45)56-38-5-7-40(8-6-38)62-22-18-60(19-23-62)26-28-75-30-29-74-27-15-49(68)64-16-13-36(14-17-64)35-61-20-24-63(25-21-61)47-33-43-42(32-44(47)54)51(70)65(52(43)71)46-11-12-48(67)57-50(46)69/h2-10,31-34,36,46,59H,11-30,35H2,1H3,(H,56,58)(H,57,67,69). The Morgan fingerprint density at radius 2 is 1.46 bits per heavy atom. The highest BCUT2D eigenvalue weighted by Gasteiger charge is 2.45. The van der Waals surface area contributed by atoms with Crippen molar-refractivity contribution in [1.29, 1.82) is 0 Å². The molecule has 402 valence electrons. The summed E-state index contributed by atoms with van der Waals surface area (Å²) in [6.45, 7) is 11.1. The number of aromatic nitrogens is 3. The Kier molecular flexibility index (Phi) is 15.9. The zero-order chi connectivity index (χ0) is 52.9. The van der Waals surface area contributed by atoms with E-state index in [-0.39, 0.29) is 35.6 Å². The lowest BCUT2D eigenvalue weighted by molar-refractivity contribution is -0.136. The van der Waals surface area contributed by atoms with E-state index < -0.39 is 45.5 Å². The first-order valence-electron chi connectivity index (χ1n) is 26.0. The van der Waals surface area contributed by atoms with Crippen LogP contribution >= 0.6 is 0 Å². The number of piperazine rings is 2. The van der Waals surface area contributed by atoms with E-state index in [0.717, 1.165) is 97.5 Å². The topological polar surface area (TPSA) is 224 Å². The molecule has 21 nitrogen and oxygen atoms in total. The van der Waals surface area contributed by atoms with Gasteiger partial charge < -0.3 is 29.5 Å². The van der Waals surface area contributed by atoms with Crippen LogP contribution < -0.4 is 25.2 Å². The molecule has 0 aliphatic carbocycles. The van der Waals surface area contributed by atoms with Gasteiger partial charge in [-0.1, -0.05) is 12.1 Å². The van der Waals surface area contributed by atoms with Crippen molar-refractivity contribution >= 4 is 73.8 Å². The maximum absolute atomic E-state index is 15.5. The van der Waals surface area contributed by atoms with Crippen LogP contribution in [0, 0.1) is 11.7 Å². The predicted octanol–water partition coefficient (Wildman–Crippen LogP) is 3.66. The van der Waals surface area contributed by atoms with Crippen LogP contribution in [0.2, 0.25) is 0 Å². The Hall–Kier alpha value is -7.05. The Morgan fingerprint density at radius 1 is 0.763 bits per heavy atom. The van der Waals surface area contributed by atoms with Gasteiger partial charge in [0.2, 0.25) is 33.7 Å². The Morgan fingerprint density at radius 3 is 2.18 bits per heavy atom. The molecule has 10 rings (SSSR count). The van der Waals surface area contributed by atoms with Gasteiger partial charge in [-0.15, -0.1) is 5.10 Å². The second-order valence-electron chi connectivity index (χ2n) is 20.0. The Balaban J connectivity index is 0.568. The highest BCUT2D eigenvalue weighted by Crippen LogP contribution is 2.34. The van der Waals surface area contributed by atoms with Crippen LogP contribution in [0.4, 0.5) is 33.1 Å². The number of nitrogens with one attached hydrogen (secondary N) is 3. The zero-order valence-electron chi connectivity index (χ0n) is 42.5. The number of carbonyl (C=O) groups is 5. The summed E-state index contributed by atoms with van der Waals surface area (Å²) < 4.78 is 55.0. The third kappa shape index (κ3) is 12.3. The van der Waals surface area contributed by atoms with E-state index in [2.05, 4.69) is 47.2 Å². The van der Waals surface area contributed by atoms with Crippen molar-refractivity contribution in [2.45, 2.75) is 38.1 Å². The number of piperidine rings is 2. The van der Waals surface area contributed by atoms with E-state index in [4.69, 9.17) is 14.6 Å². The molecule has 3 N–H and O–H groups in total. The maximum atomic E-state index is 15.5. The van der Waals surface area contributed by atoms with Gasteiger partial charge in [0.25, 0.3) is 11.8 Å². The number of amides is 5. The first-order valence-corrected chi connectivity index (χ1v) is 27.9. The summed E-state index contributed by atoms with van der Waals surface area (Å²) in [4.78, 5) is 79.8. The molecule has 3 aromatic carbocycles. The Labute approximate surface area is 440 Å². The normalized spacial score (nSPS) is 19.2. The zero-order valence-corrected chi connectivity index (χ0v) is 43.3. The minimum absolute atomic E-state index is 0.00928. The van der Waals surface area contributed by atoms with Gasteiger partial charge in [0.15, 0.2) is 0 Å². The number of anilines is 5. The van der Waals surface area contributed by atoms with Gasteiger partial charge in [-0.3, -0.25) is 48.7 Å². The van der Waals surface area contributed by atoms with Crippen molar-refractivity contribution in [3.05, 3.63) is 95.9 Å². The van der Waals surface area contributed by atoms with E-state index in [1.807, 2.05) is 40.1 Å². The second kappa shape index (κ2) is 23.1. The van der Waals surface area contributed by atoms with Gasteiger partial charge in [-0.2, -0.15) is 0 Å². The summed E-state index contributed by atoms with van der Waals surface area (Å²) in [5, 5.41) is 10.2. The lowest BCUT2D eigenvalue weighted by Crippen LogP contribution is -2.54. The number of fused-ring (bicyclic) bond motifs is 2. The molecule has 0 bridgehead atoms. The van der Waals surface area contributed by atoms with Crippen molar-refractivity contribution in [3.63, 3.8) is 0 Å². The van der Waals surface area contributed by atoms with Gasteiger partial charge in [0, 0.05) is 108 Å². The third-order valence-corrected chi connectivity index (χ3v) is 15.4. The summed E-state index contributed by atoms with van der Waals surface area (Å²) in [5.41, 5.74) is 5.11. The van der Waals surface area contributed by atoms with Crippen molar-refractivity contribution < 1.29 is 46.3 Å². The average Bonchev–Trinajstić information content (AvgIpc) is 3.95. The SMILES string of the molecule is CS(=O)(=O)Nc1cccc(-c2ccc3cnc(Nc4ccc(N5CCN(CCOCCOCCC(=O)N6CCC(CN7CCN(c8cc9c(cc8F)C(=O)N(C8CCC(=O)NC8=O)C9=O)CC7)CC6)CC5)cc4)nn23)c1. The molecule has 5 aliphatic rings. The van der Waals surface area contributed by atoms with Crippen molar-refractivity contribution in [1.82, 2.24) is 39.5 Å². The minimum Gasteiger partial charge on any atom is -0.379 e. The number of carbonyl (C=O) groups excluding carboxylic acids is 5. The summed E-state index contributed by atoms with van der Waals surface area (Å²) >= 11 is 0. The number of likely N-dealkylation sites (tertiary alicyclic amines) is 1. The van der Waals surface area contributed by atoms with Crippen LogP contribution in [-0.4, -0.2) is 189 Å². The highest BCUT2D eigenvalue weighted by atomic mass is 32.2. The van der Waals surface area contributed by atoms with E-state index >= 15 is 4.39 Å². The van der Waals surface area contributed by atoms with Crippen LogP contribution in [0.5, 0.6) is 0 Å². The molecule has 1 unspecified atom stereocenters. The first kappa shape index (κ1) is 52.4. The fraction of sp³-hybridized carbons (Fsp3) is 0.453. The molecule has 4 saturated heterocycles. The second-order valence-corrected chi connectivity index (χ2v) is 21.7. The highest BCUT2D eigenvalue weighted by molar-refractivity contribution is 7.92. The third-order valence-electron chi connectivity index (χ3n) is 14.8. The number of hydrogen-bond acceptors (Lipinski definition) is 16.